The van der Waals surface area contributed by atoms with E-state index in [1.165, 1.54) is 4.31 Å². The number of aromatic amines is 1. The third kappa shape index (κ3) is 4.39. The normalized spacial score (nSPS) is 15.4. The van der Waals surface area contributed by atoms with Gasteiger partial charge in [-0.3, -0.25) is 9.89 Å². The van der Waals surface area contributed by atoms with Crippen LogP contribution in [0.3, 0.4) is 0 Å². The van der Waals surface area contributed by atoms with Crippen molar-refractivity contribution in [1.29, 1.82) is 0 Å². The fraction of sp³-hybridized carbons (Fsp3) is 0.304. The Bertz CT molecular complexity index is 1190. The van der Waals surface area contributed by atoms with E-state index in [4.69, 9.17) is 4.74 Å². The number of hydrogen-bond acceptors (Lipinski definition) is 5. The lowest BCUT2D eigenvalue weighted by atomic mass is 10.1. The maximum absolute atomic E-state index is 13.3. The first-order valence-electron chi connectivity index (χ1n) is 10.5. The van der Waals surface area contributed by atoms with Crippen LogP contribution in [0.4, 0.5) is 0 Å². The van der Waals surface area contributed by atoms with Gasteiger partial charge < -0.3 is 9.64 Å². The quantitative estimate of drug-likeness (QED) is 0.638. The first kappa shape index (κ1) is 22.0. The molecule has 2 aromatic carbocycles. The number of rotatable bonds is 5. The highest BCUT2D eigenvalue weighted by atomic mass is 32.2. The minimum absolute atomic E-state index is 0.175. The Balaban J connectivity index is 1.52. The van der Waals surface area contributed by atoms with Crippen LogP contribution in [-0.4, -0.2) is 59.9 Å². The summed E-state index contributed by atoms with van der Waals surface area (Å²) in [5.74, 6) is 0.945. The molecule has 1 aromatic heterocycles. The number of aryl methyl sites for hydroxylation is 2. The van der Waals surface area contributed by atoms with Crippen LogP contribution in [0.25, 0.3) is 0 Å². The summed E-state index contributed by atoms with van der Waals surface area (Å²) < 4.78 is 33.8. The third-order valence-corrected chi connectivity index (χ3v) is 7.65. The van der Waals surface area contributed by atoms with Gasteiger partial charge in [-0.05, 0) is 44.5 Å². The summed E-state index contributed by atoms with van der Waals surface area (Å²) >= 11 is 0. The number of aromatic nitrogens is 2. The number of ether oxygens (including phenoxy) is 1. The highest BCUT2D eigenvalue weighted by Crippen LogP contribution is 2.27. The van der Waals surface area contributed by atoms with Gasteiger partial charge in [0.25, 0.3) is 5.91 Å². The summed E-state index contributed by atoms with van der Waals surface area (Å²) in [6, 6.07) is 16.4. The van der Waals surface area contributed by atoms with Crippen LogP contribution >= 0.6 is 0 Å². The number of benzene rings is 2. The van der Waals surface area contributed by atoms with Crippen molar-refractivity contribution in [1.82, 2.24) is 19.4 Å². The number of nitrogens with one attached hydrogen (secondary N) is 1. The second-order valence-electron chi connectivity index (χ2n) is 7.72. The number of H-pyrrole nitrogens is 1. The molecule has 32 heavy (non-hydrogen) atoms. The van der Waals surface area contributed by atoms with Crippen molar-refractivity contribution in [3.63, 3.8) is 0 Å². The van der Waals surface area contributed by atoms with E-state index >= 15 is 0 Å². The number of amides is 1. The molecule has 1 aliphatic heterocycles. The van der Waals surface area contributed by atoms with Gasteiger partial charge >= 0.3 is 0 Å². The summed E-state index contributed by atoms with van der Waals surface area (Å²) in [7, 11) is -3.69. The molecule has 0 spiro atoms. The minimum Gasteiger partial charge on any atom is -0.457 e. The zero-order valence-electron chi connectivity index (χ0n) is 18.1. The Labute approximate surface area is 187 Å². The van der Waals surface area contributed by atoms with Gasteiger partial charge in [-0.15, -0.1) is 0 Å². The molecule has 1 N–H and O–H groups in total. The fourth-order valence-corrected chi connectivity index (χ4v) is 5.71. The lowest BCUT2D eigenvalue weighted by Crippen LogP contribution is -2.37. The van der Waals surface area contributed by atoms with E-state index in [1.54, 1.807) is 36.9 Å². The van der Waals surface area contributed by atoms with E-state index < -0.39 is 10.0 Å². The molecule has 0 saturated carbocycles. The topological polar surface area (TPSA) is 95.6 Å². The summed E-state index contributed by atoms with van der Waals surface area (Å²) in [4.78, 5) is 15.2. The number of para-hydroxylation sites is 2. The van der Waals surface area contributed by atoms with Crippen molar-refractivity contribution in [2.45, 2.75) is 25.2 Å². The van der Waals surface area contributed by atoms with E-state index in [1.807, 2.05) is 36.4 Å². The predicted octanol–water partition coefficient (Wildman–Crippen LogP) is 3.36. The van der Waals surface area contributed by atoms with Crippen molar-refractivity contribution in [2.75, 3.05) is 26.2 Å². The largest absolute Gasteiger partial charge is 0.457 e. The molecule has 8 nitrogen and oxygen atoms in total. The molecule has 0 radical (unpaired) electrons. The molecule has 4 rings (SSSR count). The molecule has 2 heterocycles. The maximum Gasteiger partial charge on any atom is 0.257 e. The number of carbonyl (C=O) groups is 1. The zero-order valence-corrected chi connectivity index (χ0v) is 18.9. The molecule has 1 fully saturated rings. The smallest absolute Gasteiger partial charge is 0.257 e. The third-order valence-electron chi connectivity index (χ3n) is 5.49. The monoisotopic (exact) mass is 454 g/mol. The van der Waals surface area contributed by atoms with Crippen molar-refractivity contribution >= 4 is 15.9 Å². The average molecular weight is 455 g/mol. The summed E-state index contributed by atoms with van der Waals surface area (Å²) in [5, 5.41) is 6.76. The highest BCUT2D eigenvalue weighted by molar-refractivity contribution is 7.89. The maximum atomic E-state index is 13.3. The molecule has 168 valence electrons. The van der Waals surface area contributed by atoms with Crippen molar-refractivity contribution in [2.24, 2.45) is 0 Å². The molecule has 1 aliphatic rings. The molecule has 0 bridgehead atoms. The van der Waals surface area contributed by atoms with Gasteiger partial charge in [0.05, 0.1) is 17.0 Å². The van der Waals surface area contributed by atoms with Crippen molar-refractivity contribution < 1.29 is 17.9 Å². The Kier molecular flexibility index (Phi) is 6.29. The number of hydrogen-bond donors (Lipinski definition) is 1. The van der Waals surface area contributed by atoms with Crippen LogP contribution < -0.4 is 4.74 Å². The highest BCUT2D eigenvalue weighted by Gasteiger charge is 2.32. The first-order chi connectivity index (χ1) is 15.4. The summed E-state index contributed by atoms with van der Waals surface area (Å²) in [6.45, 7) is 4.71. The number of sulfonamides is 1. The molecule has 0 aliphatic carbocycles. The standard InChI is InChI=1S/C23H26N4O4S/c1-17-22(18(2)25-24-17)32(29,30)27-14-8-13-26(15-16-27)23(28)20-11-6-7-12-21(20)31-19-9-4-3-5-10-19/h3-7,9-12H,8,13-16H2,1-2H3,(H,24,25). The van der Waals surface area contributed by atoms with Gasteiger partial charge in [-0.1, -0.05) is 30.3 Å². The molecule has 0 atom stereocenters. The fourth-order valence-electron chi connectivity index (χ4n) is 3.91. The lowest BCUT2D eigenvalue weighted by molar-refractivity contribution is 0.0761. The Morgan fingerprint density at radius 1 is 0.969 bits per heavy atom. The molecule has 1 amide bonds. The van der Waals surface area contributed by atoms with E-state index in [2.05, 4.69) is 10.2 Å². The Morgan fingerprint density at radius 3 is 2.41 bits per heavy atom. The molecular formula is C23H26N4O4S. The van der Waals surface area contributed by atoms with E-state index in [-0.39, 0.29) is 17.3 Å². The summed E-state index contributed by atoms with van der Waals surface area (Å²) in [5.41, 5.74) is 1.42. The van der Waals surface area contributed by atoms with Crippen LogP contribution in [0.5, 0.6) is 11.5 Å². The molecule has 3 aromatic rings. The zero-order chi connectivity index (χ0) is 22.7. The summed E-state index contributed by atoms with van der Waals surface area (Å²) in [6.07, 6.45) is 0.544. The Hall–Kier alpha value is -3.17. The van der Waals surface area contributed by atoms with Crippen LogP contribution in [0.1, 0.15) is 28.2 Å². The second kappa shape index (κ2) is 9.13. The van der Waals surface area contributed by atoms with Gasteiger partial charge in [-0.25, -0.2) is 8.42 Å². The average Bonchev–Trinajstić information content (AvgIpc) is 2.98. The van der Waals surface area contributed by atoms with Crippen molar-refractivity contribution in [3.8, 4) is 11.5 Å². The first-order valence-corrected chi connectivity index (χ1v) is 11.9. The second-order valence-corrected chi connectivity index (χ2v) is 9.60. The van der Waals surface area contributed by atoms with Gasteiger partial charge in [0.1, 0.15) is 16.4 Å². The SMILES string of the molecule is Cc1n[nH]c(C)c1S(=O)(=O)N1CCCN(C(=O)c2ccccc2Oc2ccccc2)CC1. The van der Waals surface area contributed by atoms with Crippen LogP contribution in [0, 0.1) is 13.8 Å². The van der Waals surface area contributed by atoms with Gasteiger partial charge in [0.15, 0.2) is 0 Å². The van der Waals surface area contributed by atoms with E-state index in [0.717, 1.165) is 0 Å². The van der Waals surface area contributed by atoms with Gasteiger partial charge in [0.2, 0.25) is 10.0 Å². The van der Waals surface area contributed by atoms with Crippen molar-refractivity contribution in [3.05, 3.63) is 71.5 Å². The van der Waals surface area contributed by atoms with Crippen LogP contribution in [0.2, 0.25) is 0 Å². The number of nitrogens with zero attached hydrogens (tertiary/aromatic N) is 3. The van der Waals surface area contributed by atoms with E-state index in [9.17, 15) is 13.2 Å². The van der Waals surface area contributed by atoms with Crippen LogP contribution in [-0.2, 0) is 10.0 Å². The molecule has 0 unspecified atom stereocenters. The molecular weight excluding hydrogens is 428 g/mol. The predicted molar refractivity (Wildman–Crippen MR) is 120 cm³/mol. The lowest BCUT2D eigenvalue weighted by Gasteiger charge is -2.23. The van der Waals surface area contributed by atoms with Gasteiger partial charge in [0, 0.05) is 26.2 Å². The molecule has 9 heteroatoms. The van der Waals surface area contributed by atoms with Gasteiger partial charge in [-0.2, -0.15) is 9.40 Å². The number of carbonyl (C=O) groups excluding carboxylic acids is 1. The van der Waals surface area contributed by atoms with E-state index in [0.29, 0.717) is 54.5 Å². The Morgan fingerprint density at radius 2 is 1.69 bits per heavy atom. The van der Waals surface area contributed by atoms with Crippen LogP contribution in [0.15, 0.2) is 59.5 Å². The molecule has 1 saturated heterocycles. The minimum atomic E-state index is -3.69.